The number of piperidine rings is 1. The van der Waals surface area contributed by atoms with Crippen LogP contribution in [-0.2, 0) is 27.3 Å². The average molecular weight is 609 g/mol. The summed E-state index contributed by atoms with van der Waals surface area (Å²) in [6.45, 7) is 7.80. The third-order valence-electron chi connectivity index (χ3n) is 7.64. The summed E-state index contributed by atoms with van der Waals surface area (Å²) < 4.78 is 12.6. The largest absolute Gasteiger partial charge is 0.497 e. The first kappa shape index (κ1) is 31.3. The highest BCUT2D eigenvalue weighted by molar-refractivity contribution is 8.26. The first-order valence-corrected chi connectivity index (χ1v) is 15.4. The van der Waals surface area contributed by atoms with Gasteiger partial charge in [-0.15, -0.1) is 0 Å². The number of ether oxygens (including phenoxy) is 2. The first-order chi connectivity index (χ1) is 20.2. The zero-order chi connectivity index (χ0) is 30.4. The van der Waals surface area contributed by atoms with E-state index in [9.17, 15) is 19.6 Å². The maximum atomic E-state index is 13.6. The molecule has 0 N–H and O–H groups in total. The summed E-state index contributed by atoms with van der Waals surface area (Å²) in [7, 11) is 1.62. The van der Waals surface area contributed by atoms with E-state index in [1.165, 1.54) is 11.8 Å². The molecule has 2 aliphatic heterocycles. The van der Waals surface area contributed by atoms with E-state index < -0.39 is 0 Å². The van der Waals surface area contributed by atoms with Crippen LogP contribution >= 0.6 is 24.0 Å². The van der Waals surface area contributed by atoms with Crippen LogP contribution in [0.1, 0.15) is 55.4 Å². The third kappa shape index (κ3) is 6.55. The third-order valence-corrected chi connectivity index (χ3v) is 9.02. The van der Waals surface area contributed by atoms with Crippen molar-refractivity contribution in [3.05, 3.63) is 61.8 Å². The number of amides is 1. The van der Waals surface area contributed by atoms with Crippen LogP contribution in [-0.4, -0.2) is 59.0 Å². The molecule has 0 spiro atoms. The number of methoxy groups -OCH3 is 1. The second-order valence-corrected chi connectivity index (χ2v) is 11.9. The van der Waals surface area contributed by atoms with Gasteiger partial charge in [-0.1, -0.05) is 43.0 Å². The number of rotatable bonds is 10. The number of thioether (sulfide) groups is 1. The molecule has 1 aromatic carbocycles. The number of hydrogen-bond acceptors (Lipinski definition) is 9. The van der Waals surface area contributed by atoms with Crippen molar-refractivity contribution in [3.8, 4) is 11.8 Å². The van der Waals surface area contributed by atoms with Gasteiger partial charge in [-0.2, -0.15) is 5.26 Å². The van der Waals surface area contributed by atoms with E-state index in [0.717, 1.165) is 11.3 Å². The Labute approximate surface area is 256 Å². The van der Waals surface area contributed by atoms with Crippen molar-refractivity contribution in [1.29, 1.82) is 5.26 Å². The van der Waals surface area contributed by atoms with Gasteiger partial charge in [0.15, 0.2) is 0 Å². The molecule has 42 heavy (non-hydrogen) atoms. The molecule has 4 rings (SSSR count). The van der Waals surface area contributed by atoms with Gasteiger partial charge in [-0.05, 0) is 68.9 Å². The van der Waals surface area contributed by atoms with Crippen LogP contribution in [0.5, 0.6) is 5.75 Å². The summed E-state index contributed by atoms with van der Waals surface area (Å²) in [6.07, 6.45) is 4.27. The van der Waals surface area contributed by atoms with Gasteiger partial charge in [0.25, 0.3) is 11.5 Å². The Morgan fingerprint density at radius 2 is 1.86 bits per heavy atom. The van der Waals surface area contributed by atoms with Crippen LogP contribution in [0.25, 0.3) is 6.08 Å². The normalized spacial score (nSPS) is 16.7. The van der Waals surface area contributed by atoms with Gasteiger partial charge in [-0.25, -0.2) is 0 Å². The lowest BCUT2D eigenvalue weighted by atomic mass is 9.95. The van der Waals surface area contributed by atoms with Crippen LogP contribution in [0.2, 0.25) is 0 Å². The topological polar surface area (TPSA) is 105 Å². The molecule has 0 unspecified atom stereocenters. The molecular weight excluding hydrogens is 572 g/mol. The number of aromatic nitrogens is 1. The van der Waals surface area contributed by atoms with Crippen LogP contribution in [0.15, 0.2) is 34.0 Å². The molecular formula is C31H36N4O5S2. The summed E-state index contributed by atoms with van der Waals surface area (Å²) >= 11 is 6.83. The summed E-state index contributed by atoms with van der Waals surface area (Å²) in [6, 6.07) is 9.79. The van der Waals surface area contributed by atoms with Gasteiger partial charge < -0.3 is 14.4 Å². The van der Waals surface area contributed by atoms with Gasteiger partial charge in [0.1, 0.15) is 27.5 Å². The quantitative estimate of drug-likeness (QED) is 0.216. The highest BCUT2D eigenvalue weighted by Gasteiger charge is 2.34. The molecule has 2 aromatic rings. The second kappa shape index (κ2) is 14.0. The molecule has 11 heteroatoms. The molecule has 9 nitrogen and oxygen atoms in total. The zero-order valence-electron chi connectivity index (χ0n) is 24.5. The monoisotopic (exact) mass is 608 g/mol. The lowest BCUT2D eigenvalue weighted by Crippen LogP contribution is -2.41. The number of pyridine rings is 1. The Hall–Kier alpha value is -3.62. The van der Waals surface area contributed by atoms with Crippen molar-refractivity contribution in [2.45, 2.75) is 53.0 Å². The lowest BCUT2D eigenvalue weighted by Gasteiger charge is -2.35. The van der Waals surface area contributed by atoms with Crippen molar-refractivity contribution >= 4 is 52.1 Å². The van der Waals surface area contributed by atoms with Gasteiger partial charge in [0.2, 0.25) is 0 Å². The number of thiocarbonyl (C=S) groups is 1. The molecule has 222 valence electrons. The number of carbonyl (C=O) groups excluding carboxylic acids is 2. The Balaban J connectivity index is 1.68. The van der Waals surface area contributed by atoms with Crippen molar-refractivity contribution in [2.24, 2.45) is 5.92 Å². The standard InChI is InChI=1S/C31H36N4O5S2/c1-5-14-34-27(33-15-12-22(13-16-33)30(38)40-6-2)24(20(3)25(19-32)28(34)36)18-26-29(37)35(31(41)42-26)17-11-21-7-9-23(39-4)10-8-21/h7-10,18,22H,5-6,11-17H2,1-4H3. The van der Waals surface area contributed by atoms with Gasteiger partial charge >= 0.3 is 5.97 Å². The molecule has 0 aliphatic carbocycles. The molecule has 2 fully saturated rings. The predicted molar refractivity (Wildman–Crippen MR) is 169 cm³/mol. The average Bonchev–Trinajstić information content (AvgIpc) is 3.26. The van der Waals surface area contributed by atoms with Crippen molar-refractivity contribution < 1.29 is 19.1 Å². The minimum atomic E-state index is -0.344. The fourth-order valence-corrected chi connectivity index (χ4v) is 6.65. The Bertz CT molecular complexity index is 1480. The van der Waals surface area contributed by atoms with Crippen LogP contribution in [0, 0.1) is 24.2 Å². The van der Waals surface area contributed by atoms with Gasteiger partial charge in [0.05, 0.1) is 24.5 Å². The Kier molecular flexibility index (Phi) is 10.5. The number of esters is 1. The minimum Gasteiger partial charge on any atom is -0.497 e. The number of nitriles is 1. The van der Waals surface area contributed by atoms with E-state index in [4.69, 9.17) is 21.7 Å². The van der Waals surface area contributed by atoms with E-state index in [0.29, 0.717) is 84.6 Å². The summed E-state index contributed by atoms with van der Waals surface area (Å²) in [4.78, 5) is 43.6. The zero-order valence-corrected chi connectivity index (χ0v) is 26.1. The fraction of sp³-hybridized carbons (Fsp3) is 0.452. The van der Waals surface area contributed by atoms with Crippen LogP contribution < -0.4 is 15.2 Å². The molecule has 1 amide bonds. The maximum Gasteiger partial charge on any atom is 0.309 e. The Morgan fingerprint density at radius 1 is 1.17 bits per heavy atom. The van der Waals surface area contributed by atoms with E-state index >= 15 is 0 Å². The number of nitrogens with zero attached hydrogens (tertiary/aromatic N) is 4. The van der Waals surface area contributed by atoms with Gasteiger partial charge in [0, 0.05) is 31.7 Å². The molecule has 2 saturated heterocycles. The van der Waals surface area contributed by atoms with Crippen molar-refractivity contribution in [1.82, 2.24) is 9.47 Å². The molecule has 2 aliphatic rings. The Morgan fingerprint density at radius 3 is 2.45 bits per heavy atom. The predicted octanol–water partition coefficient (Wildman–Crippen LogP) is 4.67. The fourth-order valence-electron chi connectivity index (χ4n) is 5.36. The van der Waals surface area contributed by atoms with E-state index in [2.05, 4.69) is 11.0 Å². The van der Waals surface area contributed by atoms with E-state index in [1.807, 2.05) is 31.2 Å². The van der Waals surface area contributed by atoms with Crippen molar-refractivity contribution in [3.63, 3.8) is 0 Å². The minimum absolute atomic E-state index is 0.0647. The summed E-state index contributed by atoms with van der Waals surface area (Å²) in [5.41, 5.74) is 1.97. The van der Waals surface area contributed by atoms with E-state index in [1.54, 1.807) is 36.5 Å². The molecule has 0 saturated carbocycles. The molecule has 0 radical (unpaired) electrons. The molecule has 1 aromatic heterocycles. The van der Waals surface area contributed by atoms with Crippen molar-refractivity contribution in [2.75, 3.05) is 38.3 Å². The lowest BCUT2D eigenvalue weighted by molar-refractivity contribution is -0.148. The molecule has 0 bridgehead atoms. The SMILES string of the molecule is CCCn1c(N2CCC(C(=O)OCC)CC2)c(C=C2SC(=S)N(CCc3ccc(OC)cc3)C2=O)c(C)c(C#N)c1=O. The van der Waals surface area contributed by atoms with Crippen LogP contribution in [0.4, 0.5) is 5.82 Å². The highest BCUT2D eigenvalue weighted by Crippen LogP contribution is 2.37. The number of hydrogen-bond donors (Lipinski definition) is 0. The molecule has 3 heterocycles. The van der Waals surface area contributed by atoms with Gasteiger partial charge in [-0.3, -0.25) is 23.9 Å². The smallest absolute Gasteiger partial charge is 0.309 e. The highest BCUT2D eigenvalue weighted by atomic mass is 32.2. The first-order valence-electron chi connectivity index (χ1n) is 14.2. The second-order valence-electron chi connectivity index (χ2n) is 10.3. The summed E-state index contributed by atoms with van der Waals surface area (Å²) in [5.74, 6) is 0.848. The maximum absolute atomic E-state index is 13.6. The number of benzene rings is 1. The summed E-state index contributed by atoms with van der Waals surface area (Å²) in [5, 5.41) is 9.91. The van der Waals surface area contributed by atoms with Crippen LogP contribution in [0.3, 0.4) is 0 Å². The van der Waals surface area contributed by atoms with E-state index in [-0.39, 0.29) is 28.9 Å². The number of carbonyl (C=O) groups is 2. The number of anilines is 1. The molecule has 0 atom stereocenters.